The Kier molecular flexibility index (Phi) is 4.25. The van der Waals surface area contributed by atoms with Gasteiger partial charge in [0.05, 0.1) is 12.8 Å². The third kappa shape index (κ3) is 3.08. The highest BCUT2D eigenvalue weighted by Gasteiger charge is 2.09. The van der Waals surface area contributed by atoms with Gasteiger partial charge in [-0.1, -0.05) is 29.9 Å². The first kappa shape index (κ1) is 14.3. The molecule has 104 valence electrons. The zero-order valence-electron chi connectivity index (χ0n) is 11.9. The van der Waals surface area contributed by atoms with E-state index in [4.69, 9.17) is 22.7 Å². The van der Waals surface area contributed by atoms with Crippen LogP contribution in [0.2, 0.25) is 0 Å². The highest BCUT2D eigenvalue weighted by atomic mass is 32.1. The fourth-order valence-corrected chi connectivity index (χ4v) is 2.20. The second kappa shape index (κ2) is 5.92. The molecule has 0 aromatic heterocycles. The normalized spacial score (nSPS) is 10.2. The Morgan fingerprint density at radius 3 is 2.35 bits per heavy atom. The molecule has 4 heteroatoms. The second-order valence-corrected chi connectivity index (χ2v) is 5.18. The summed E-state index contributed by atoms with van der Waals surface area (Å²) in [6.45, 7) is 4.05. The molecule has 0 saturated heterocycles. The molecule has 0 aliphatic carbocycles. The van der Waals surface area contributed by atoms with Gasteiger partial charge in [-0.25, -0.2) is 0 Å². The van der Waals surface area contributed by atoms with Gasteiger partial charge >= 0.3 is 0 Å². The molecule has 3 N–H and O–H groups in total. The Morgan fingerprint density at radius 2 is 1.70 bits per heavy atom. The molecule has 0 aliphatic heterocycles. The number of nitrogens with one attached hydrogen (secondary N) is 1. The van der Waals surface area contributed by atoms with Crippen molar-refractivity contribution in [3.05, 3.63) is 53.1 Å². The van der Waals surface area contributed by atoms with E-state index in [1.807, 2.05) is 50.2 Å². The Hall–Kier alpha value is -2.07. The van der Waals surface area contributed by atoms with Crippen LogP contribution in [-0.4, -0.2) is 12.1 Å². The highest BCUT2D eigenvalue weighted by Crippen LogP contribution is 2.30. The fraction of sp³-hybridized carbons (Fsp3) is 0.188. The molecule has 0 heterocycles. The molecule has 2 aromatic rings. The van der Waals surface area contributed by atoms with E-state index in [2.05, 4.69) is 5.32 Å². The summed E-state index contributed by atoms with van der Waals surface area (Å²) in [4.78, 5) is 0.378. The van der Waals surface area contributed by atoms with E-state index >= 15 is 0 Å². The number of anilines is 2. The van der Waals surface area contributed by atoms with Gasteiger partial charge < -0.3 is 15.8 Å². The molecule has 2 aromatic carbocycles. The van der Waals surface area contributed by atoms with Crippen LogP contribution >= 0.6 is 12.2 Å². The summed E-state index contributed by atoms with van der Waals surface area (Å²) in [5.74, 6) is 0.782. The van der Waals surface area contributed by atoms with Crippen molar-refractivity contribution in [1.29, 1.82) is 0 Å². The number of nitrogens with two attached hydrogens (primary N) is 1. The maximum absolute atomic E-state index is 5.80. The van der Waals surface area contributed by atoms with Crippen molar-refractivity contribution in [1.82, 2.24) is 0 Å². The second-order valence-electron chi connectivity index (χ2n) is 4.74. The standard InChI is InChI=1S/C16H18N2OS/c1-10-4-6-13(12(8-10)16(17)20)18-14-9-11(2)5-7-15(14)19-3/h4-9,18H,1-3H3,(H2,17,20). The number of benzene rings is 2. The van der Waals surface area contributed by atoms with E-state index < -0.39 is 0 Å². The molecular weight excluding hydrogens is 268 g/mol. The van der Waals surface area contributed by atoms with Gasteiger partial charge in [-0.3, -0.25) is 0 Å². The van der Waals surface area contributed by atoms with Gasteiger partial charge in [0, 0.05) is 11.3 Å². The lowest BCUT2D eigenvalue weighted by atomic mass is 10.1. The van der Waals surface area contributed by atoms with Crippen LogP contribution in [0.25, 0.3) is 0 Å². The summed E-state index contributed by atoms with van der Waals surface area (Å²) in [5, 5.41) is 3.35. The number of aryl methyl sites for hydroxylation is 2. The molecule has 0 unspecified atom stereocenters. The van der Waals surface area contributed by atoms with Gasteiger partial charge in [-0.2, -0.15) is 0 Å². The summed E-state index contributed by atoms with van der Waals surface area (Å²) >= 11 is 5.12. The Morgan fingerprint density at radius 1 is 1.05 bits per heavy atom. The average molecular weight is 286 g/mol. The molecule has 0 amide bonds. The lowest BCUT2D eigenvalue weighted by Crippen LogP contribution is -2.12. The predicted molar refractivity (Wildman–Crippen MR) is 88.1 cm³/mol. The molecule has 20 heavy (non-hydrogen) atoms. The molecule has 0 aliphatic rings. The first-order valence-corrected chi connectivity index (χ1v) is 6.74. The van der Waals surface area contributed by atoms with E-state index in [9.17, 15) is 0 Å². The third-order valence-electron chi connectivity index (χ3n) is 3.06. The van der Waals surface area contributed by atoms with Crippen LogP contribution < -0.4 is 15.8 Å². The molecule has 0 saturated carbocycles. The van der Waals surface area contributed by atoms with Crippen molar-refractivity contribution in [3.8, 4) is 5.75 Å². The third-order valence-corrected chi connectivity index (χ3v) is 3.28. The smallest absolute Gasteiger partial charge is 0.142 e. The molecule has 0 bridgehead atoms. The summed E-state index contributed by atoms with van der Waals surface area (Å²) in [5.41, 5.74) is 10.7. The van der Waals surface area contributed by atoms with Crippen LogP contribution in [0.4, 0.5) is 11.4 Å². The Labute approximate surface area is 124 Å². The average Bonchev–Trinajstić information content (AvgIpc) is 2.41. The molecule has 0 atom stereocenters. The lowest BCUT2D eigenvalue weighted by molar-refractivity contribution is 0.416. The SMILES string of the molecule is COc1ccc(C)cc1Nc1ccc(C)cc1C(N)=S. The van der Waals surface area contributed by atoms with Crippen LogP contribution in [0.5, 0.6) is 5.75 Å². The summed E-state index contributed by atoms with van der Waals surface area (Å²) in [6.07, 6.45) is 0. The van der Waals surface area contributed by atoms with Crippen molar-refractivity contribution >= 4 is 28.6 Å². The molecule has 0 radical (unpaired) electrons. The van der Waals surface area contributed by atoms with E-state index in [1.54, 1.807) is 7.11 Å². The largest absolute Gasteiger partial charge is 0.495 e. The summed E-state index contributed by atoms with van der Waals surface area (Å²) in [6, 6.07) is 12.0. The van der Waals surface area contributed by atoms with E-state index in [0.29, 0.717) is 4.99 Å². The molecule has 0 fully saturated rings. The van der Waals surface area contributed by atoms with Crippen LogP contribution in [-0.2, 0) is 0 Å². The van der Waals surface area contributed by atoms with Gasteiger partial charge in [0.2, 0.25) is 0 Å². The van der Waals surface area contributed by atoms with Crippen molar-refractivity contribution in [2.24, 2.45) is 5.73 Å². The summed E-state index contributed by atoms with van der Waals surface area (Å²) in [7, 11) is 1.65. The minimum absolute atomic E-state index is 0.378. The van der Waals surface area contributed by atoms with E-state index in [-0.39, 0.29) is 0 Å². The quantitative estimate of drug-likeness (QED) is 0.842. The minimum Gasteiger partial charge on any atom is -0.495 e. The van der Waals surface area contributed by atoms with Crippen molar-refractivity contribution in [2.75, 3.05) is 12.4 Å². The van der Waals surface area contributed by atoms with Gasteiger partial charge in [0.15, 0.2) is 0 Å². The minimum atomic E-state index is 0.378. The monoisotopic (exact) mass is 286 g/mol. The molecule has 3 nitrogen and oxygen atoms in total. The first-order chi connectivity index (χ1) is 9.51. The maximum atomic E-state index is 5.80. The van der Waals surface area contributed by atoms with Gasteiger partial charge in [-0.15, -0.1) is 0 Å². The first-order valence-electron chi connectivity index (χ1n) is 6.33. The Bertz CT molecular complexity index is 653. The number of methoxy groups -OCH3 is 1. The zero-order valence-corrected chi connectivity index (χ0v) is 12.7. The van der Waals surface area contributed by atoms with Crippen molar-refractivity contribution in [2.45, 2.75) is 13.8 Å². The number of hydrogen-bond acceptors (Lipinski definition) is 3. The topological polar surface area (TPSA) is 47.3 Å². The molecule has 2 rings (SSSR count). The highest BCUT2D eigenvalue weighted by molar-refractivity contribution is 7.80. The molecule has 0 spiro atoms. The van der Waals surface area contributed by atoms with Crippen molar-refractivity contribution < 1.29 is 4.74 Å². The lowest BCUT2D eigenvalue weighted by Gasteiger charge is -2.15. The maximum Gasteiger partial charge on any atom is 0.142 e. The zero-order chi connectivity index (χ0) is 14.7. The van der Waals surface area contributed by atoms with Gasteiger partial charge in [0.1, 0.15) is 10.7 Å². The van der Waals surface area contributed by atoms with E-state index in [1.165, 1.54) is 0 Å². The number of ether oxygens (including phenoxy) is 1. The number of thiocarbonyl (C=S) groups is 1. The van der Waals surface area contributed by atoms with Crippen LogP contribution in [0.1, 0.15) is 16.7 Å². The van der Waals surface area contributed by atoms with E-state index in [0.717, 1.165) is 33.8 Å². The fourth-order valence-electron chi connectivity index (χ4n) is 2.04. The summed E-state index contributed by atoms with van der Waals surface area (Å²) < 4.78 is 5.37. The van der Waals surface area contributed by atoms with Crippen molar-refractivity contribution in [3.63, 3.8) is 0 Å². The molecular formula is C16H18N2OS. The Balaban J connectivity index is 2.44. The van der Waals surface area contributed by atoms with Gasteiger partial charge in [0.25, 0.3) is 0 Å². The van der Waals surface area contributed by atoms with Crippen LogP contribution in [0.15, 0.2) is 36.4 Å². The number of rotatable bonds is 4. The van der Waals surface area contributed by atoms with Crippen LogP contribution in [0, 0.1) is 13.8 Å². The number of hydrogen-bond donors (Lipinski definition) is 2. The van der Waals surface area contributed by atoms with Gasteiger partial charge in [-0.05, 0) is 43.7 Å². The predicted octanol–water partition coefficient (Wildman–Crippen LogP) is 3.69. The van der Waals surface area contributed by atoms with Crippen LogP contribution in [0.3, 0.4) is 0 Å².